The molecule has 1 atom stereocenters. The van der Waals surface area contributed by atoms with Crippen LogP contribution in [0.4, 0.5) is 0 Å². The minimum atomic E-state index is -0.375. The molecule has 1 saturated carbocycles. The molecule has 0 aromatic carbocycles. The Labute approximate surface area is 85.9 Å². The van der Waals surface area contributed by atoms with Crippen LogP contribution in [0.15, 0.2) is 0 Å². The van der Waals surface area contributed by atoms with Crippen LogP contribution >= 0.6 is 0 Å². The maximum Gasteiger partial charge on any atom is 0.220 e. The summed E-state index contributed by atoms with van der Waals surface area (Å²) in [6, 6.07) is 0. The van der Waals surface area contributed by atoms with Gasteiger partial charge in [-0.25, -0.2) is 0 Å². The number of nitrogens with one attached hydrogen (secondary N) is 1. The minimum Gasteiger partial charge on any atom is -0.393 e. The molecule has 1 amide bonds. The number of aliphatic hydroxyl groups excluding tert-OH is 1. The highest BCUT2D eigenvalue weighted by atomic mass is 16.3. The largest absolute Gasteiger partial charge is 0.393 e. The monoisotopic (exact) mass is 199 g/mol. The molecule has 2 N–H and O–H groups in total. The Balaban J connectivity index is 2.25. The first-order chi connectivity index (χ1) is 6.58. The molecule has 0 heterocycles. The van der Waals surface area contributed by atoms with Crippen LogP contribution in [0, 0.1) is 0 Å². The molecule has 0 bridgehead atoms. The van der Waals surface area contributed by atoms with Crippen LogP contribution in [0.2, 0.25) is 0 Å². The third-order valence-electron chi connectivity index (χ3n) is 3.18. The van der Waals surface area contributed by atoms with Gasteiger partial charge in [0.05, 0.1) is 6.10 Å². The van der Waals surface area contributed by atoms with E-state index >= 15 is 0 Å². The van der Waals surface area contributed by atoms with Gasteiger partial charge in [0.1, 0.15) is 0 Å². The Morgan fingerprint density at radius 1 is 1.57 bits per heavy atom. The highest BCUT2D eigenvalue weighted by Gasteiger charge is 2.36. The maximum atomic E-state index is 11.5. The average Bonchev–Trinajstić information content (AvgIpc) is 2.08. The summed E-state index contributed by atoms with van der Waals surface area (Å²) in [5, 5.41) is 12.1. The second kappa shape index (κ2) is 4.78. The molecule has 82 valence electrons. The summed E-state index contributed by atoms with van der Waals surface area (Å²) in [7, 11) is 0. The maximum absolute atomic E-state index is 11.5. The van der Waals surface area contributed by atoms with E-state index in [0.717, 1.165) is 19.3 Å². The van der Waals surface area contributed by atoms with Crippen molar-refractivity contribution in [2.75, 3.05) is 0 Å². The van der Waals surface area contributed by atoms with Crippen LogP contribution in [-0.4, -0.2) is 22.7 Å². The van der Waals surface area contributed by atoms with Crippen molar-refractivity contribution in [3.05, 3.63) is 0 Å². The SMILES string of the molecule is CCC1(NC(=O)CCC(C)O)CCC1. The van der Waals surface area contributed by atoms with E-state index in [1.165, 1.54) is 6.42 Å². The number of hydrogen-bond acceptors (Lipinski definition) is 2. The smallest absolute Gasteiger partial charge is 0.220 e. The standard InChI is InChI=1S/C11H21NO2/c1-3-11(7-4-8-11)12-10(14)6-5-9(2)13/h9,13H,3-8H2,1-2H3,(H,12,14). The third-order valence-corrected chi connectivity index (χ3v) is 3.18. The molecule has 3 nitrogen and oxygen atoms in total. The summed E-state index contributed by atoms with van der Waals surface area (Å²) in [6.07, 6.45) is 5.11. The first-order valence-corrected chi connectivity index (χ1v) is 5.57. The number of rotatable bonds is 5. The van der Waals surface area contributed by atoms with Crippen LogP contribution in [0.5, 0.6) is 0 Å². The lowest BCUT2D eigenvalue weighted by molar-refractivity contribution is -0.124. The van der Waals surface area contributed by atoms with Gasteiger partial charge in [-0.15, -0.1) is 0 Å². The van der Waals surface area contributed by atoms with Crippen molar-refractivity contribution in [1.82, 2.24) is 5.32 Å². The topological polar surface area (TPSA) is 49.3 Å². The number of aliphatic hydroxyl groups is 1. The second-order valence-electron chi connectivity index (χ2n) is 4.42. The second-order valence-corrected chi connectivity index (χ2v) is 4.42. The predicted molar refractivity (Wildman–Crippen MR) is 55.9 cm³/mol. The first-order valence-electron chi connectivity index (χ1n) is 5.57. The molecule has 1 aliphatic rings. The van der Waals surface area contributed by atoms with E-state index in [2.05, 4.69) is 12.2 Å². The van der Waals surface area contributed by atoms with Crippen molar-refractivity contribution in [2.45, 2.75) is 64.0 Å². The van der Waals surface area contributed by atoms with Gasteiger partial charge in [0.2, 0.25) is 5.91 Å². The fourth-order valence-corrected chi connectivity index (χ4v) is 1.87. The fourth-order valence-electron chi connectivity index (χ4n) is 1.87. The highest BCUT2D eigenvalue weighted by Crippen LogP contribution is 2.34. The van der Waals surface area contributed by atoms with Gasteiger partial charge in [-0.2, -0.15) is 0 Å². The molecule has 1 fully saturated rings. The van der Waals surface area contributed by atoms with Crippen LogP contribution in [0.25, 0.3) is 0 Å². The van der Waals surface area contributed by atoms with Crippen molar-refractivity contribution in [3.63, 3.8) is 0 Å². The molecule has 0 aromatic rings. The van der Waals surface area contributed by atoms with Crippen LogP contribution in [0.3, 0.4) is 0 Å². The number of hydrogen-bond donors (Lipinski definition) is 2. The summed E-state index contributed by atoms with van der Waals surface area (Å²) < 4.78 is 0. The van der Waals surface area contributed by atoms with Gasteiger partial charge in [0, 0.05) is 12.0 Å². The van der Waals surface area contributed by atoms with Gasteiger partial charge in [-0.05, 0) is 39.0 Å². The van der Waals surface area contributed by atoms with Crippen molar-refractivity contribution >= 4 is 5.91 Å². The Hall–Kier alpha value is -0.570. The zero-order valence-electron chi connectivity index (χ0n) is 9.18. The summed E-state index contributed by atoms with van der Waals surface area (Å²) in [6.45, 7) is 3.83. The minimum absolute atomic E-state index is 0.0902. The van der Waals surface area contributed by atoms with E-state index < -0.39 is 0 Å². The summed E-state index contributed by atoms with van der Waals surface area (Å²) in [4.78, 5) is 11.5. The van der Waals surface area contributed by atoms with Crippen LogP contribution in [0.1, 0.15) is 52.4 Å². The van der Waals surface area contributed by atoms with Gasteiger partial charge in [-0.1, -0.05) is 6.92 Å². The Morgan fingerprint density at radius 2 is 2.21 bits per heavy atom. The Morgan fingerprint density at radius 3 is 2.57 bits per heavy atom. The van der Waals surface area contributed by atoms with E-state index in [1.54, 1.807) is 6.92 Å². The molecule has 1 unspecified atom stereocenters. The van der Waals surface area contributed by atoms with Gasteiger partial charge in [0.15, 0.2) is 0 Å². The van der Waals surface area contributed by atoms with E-state index in [4.69, 9.17) is 5.11 Å². The van der Waals surface area contributed by atoms with Crippen molar-refractivity contribution < 1.29 is 9.90 Å². The molecular weight excluding hydrogens is 178 g/mol. The first kappa shape index (κ1) is 11.5. The van der Waals surface area contributed by atoms with E-state index in [0.29, 0.717) is 12.8 Å². The normalized spacial score (nSPS) is 21.1. The number of carbonyl (C=O) groups excluding carboxylic acids is 1. The van der Waals surface area contributed by atoms with Gasteiger partial charge in [0.25, 0.3) is 0 Å². The zero-order valence-corrected chi connectivity index (χ0v) is 9.18. The zero-order chi connectivity index (χ0) is 10.6. The molecule has 0 aromatic heterocycles. The quantitative estimate of drug-likeness (QED) is 0.706. The number of carbonyl (C=O) groups is 1. The Bertz CT molecular complexity index is 192. The number of amides is 1. The molecule has 14 heavy (non-hydrogen) atoms. The van der Waals surface area contributed by atoms with E-state index in [9.17, 15) is 4.79 Å². The Kier molecular flexibility index (Phi) is 3.93. The fraction of sp³-hybridized carbons (Fsp3) is 0.909. The van der Waals surface area contributed by atoms with Crippen LogP contribution < -0.4 is 5.32 Å². The molecule has 0 spiro atoms. The summed E-state index contributed by atoms with van der Waals surface area (Å²) in [5.74, 6) is 0.0902. The van der Waals surface area contributed by atoms with E-state index in [1.807, 2.05) is 0 Å². The molecule has 0 radical (unpaired) electrons. The molecule has 0 saturated heterocycles. The van der Waals surface area contributed by atoms with Crippen molar-refractivity contribution in [2.24, 2.45) is 0 Å². The van der Waals surface area contributed by atoms with Gasteiger partial charge >= 0.3 is 0 Å². The van der Waals surface area contributed by atoms with Gasteiger partial charge < -0.3 is 10.4 Å². The van der Waals surface area contributed by atoms with Crippen molar-refractivity contribution in [3.8, 4) is 0 Å². The predicted octanol–water partition coefficient (Wildman–Crippen LogP) is 1.60. The third kappa shape index (κ3) is 2.98. The highest BCUT2D eigenvalue weighted by molar-refractivity contribution is 5.76. The lowest BCUT2D eigenvalue weighted by atomic mass is 9.75. The van der Waals surface area contributed by atoms with Gasteiger partial charge in [-0.3, -0.25) is 4.79 Å². The molecular formula is C11H21NO2. The average molecular weight is 199 g/mol. The summed E-state index contributed by atoms with van der Waals surface area (Å²) >= 11 is 0. The summed E-state index contributed by atoms with van der Waals surface area (Å²) in [5.41, 5.74) is 0.0930. The lowest BCUT2D eigenvalue weighted by Gasteiger charge is -2.42. The van der Waals surface area contributed by atoms with E-state index in [-0.39, 0.29) is 17.6 Å². The van der Waals surface area contributed by atoms with Crippen LogP contribution in [-0.2, 0) is 4.79 Å². The molecule has 1 rings (SSSR count). The molecule has 3 heteroatoms. The molecule has 0 aliphatic heterocycles. The molecule has 1 aliphatic carbocycles. The van der Waals surface area contributed by atoms with Crippen molar-refractivity contribution in [1.29, 1.82) is 0 Å². The lowest BCUT2D eigenvalue weighted by Crippen LogP contribution is -2.53.